The normalized spacial score (nSPS) is 23.1. The third-order valence-electron chi connectivity index (χ3n) is 5.61. The Bertz CT molecular complexity index is 890. The van der Waals surface area contributed by atoms with Gasteiger partial charge in [0.1, 0.15) is 11.8 Å². The van der Waals surface area contributed by atoms with Crippen LogP contribution in [-0.4, -0.2) is 59.1 Å². The van der Waals surface area contributed by atoms with E-state index < -0.39 is 5.97 Å². The van der Waals surface area contributed by atoms with Gasteiger partial charge in [0.05, 0.1) is 18.0 Å². The number of nitrogens with one attached hydrogen (secondary N) is 1. The molecule has 2 aromatic rings. The quantitative estimate of drug-likeness (QED) is 0.427. The minimum atomic E-state index is -0.433. The number of aromatic nitrogens is 2. The van der Waals surface area contributed by atoms with Gasteiger partial charge in [-0.15, -0.1) is 10.2 Å². The second kappa shape index (κ2) is 9.21. The van der Waals surface area contributed by atoms with Crippen LogP contribution >= 0.6 is 0 Å². The van der Waals surface area contributed by atoms with Gasteiger partial charge in [-0.3, -0.25) is 10.3 Å². The highest BCUT2D eigenvalue weighted by molar-refractivity contribution is 6.35. The Labute approximate surface area is 176 Å². The lowest BCUT2D eigenvalue weighted by Crippen LogP contribution is -2.52. The number of piperidine rings is 3. The minimum absolute atomic E-state index is 0.219. The van der Waals surface area contributed by atoms with Crippen LogP contribution in [0.3, 0.4) is 0 Å². The monoisotopic (exact) mass is 409 g/mol. The summed E-state index contributed by atoms with van der Waals surface area (Å²) in [5, 5.41) is 12.6. The number of benzene rings is 1. The van der Waals surface area contributed by atoms with E-state index >= 15 is 0 Å². The smallest absolute Gasteiger partial charge is 0.354 e. The van der Waals surface area contributed by atoms with E-state index in [4.69, 9.17) is 9.47 Å². The highest BCUT2D eigenvalue weighted by Gasteiger charge is 2.35. The molecule has 1 N–H and O–H groups in total. The second-order valence-electron chi connectivity index (χ2n) is 7.66. The molecule has 3 aliphatic rings. The summed E-state index contributed by atoms with van der Waals surface area (Å²) in [7, 11) is 0. The van der Waals surface area contributed by atoms with Gasteiger partial charge in [-0.25, -0.2) is 4.79 Å². The number of fused-ring (bicyclic) bond motifs is 3. The summed E-state index contributed by atoms with van der Waals surface area (Å²) >= 11 is 0. The highest BCUT2D eigenvalue weighted by Crippen LogP contribution is 2.30. The van der Waals surface area contributed by atoms with E-state index in [0.29, 0.717) is 18.4 Å². The molecule has 1 aromatic carbocycles. The van der Waals surface area contributed by atoms with Crippen molar-refractivity contribution >= 4 is 17.4 Å². The zero-order valence-electron chi connectivity index (χ0n) is 17.4. The van der Waals surface area contributed by atoms with E-state index in [1.54, 1.807) is 13.8 Å². The Kier molecular flexibility index (Phi) is 6.23. The molecule has 5 rings (SSSR count). The molecule has 0 radical (unpaired) electrons. The molecule has 1 atom stereocenters. The summed E-state index contributed by atoms with van der Waals surface area (Å²) in [5.74, 6) is 0.781. The van der Waals surface area contributed by atoms with Gasteiger partial charge < -0.3 is 9.47 Å². The number of anilines is 1. The lowest BCUT2D eigenvalue weighted by atomic mass is 9.86. The molecule has 0 saturated carbocycles. The lowest BCUT2D eigenvalue weighted by Gasteiger charge is -2.44. The number of ether oxygens (including phenoxy) is 2. The zero-order valence-corrected chi connectivity index (χ0v) is 17.4. The van der Waals surface area contributed by atoms with Crippen molar-refractivity contribution in [2.75, 3.05) is 31.7 Å². The summed E-state index contributed by atoms with van der Waals surface area (Å²) in [4.78, 5) is 14.0. The van der Waals surface area contributed by atoms with Crippen molar-refractivity contribution in [2.24, 2.45) is 11.0 Å². The van der Waals surface area contributed by atoms with Crippen LogP contribution in [0.1, 0.15) is 26.7 Å². The Balaban J connectivity index is 1.35. The van der Waals surface area contributed by atoms with Crippen molar-refractivity contribution in [2.45, 2.75) is 32.8 Å². The van der Waals surface area contributed by atoms with E-state index in [2.05, 4.69) is 25.6 Å². The van der Waals surface area contributed by atoms with Crippen LogP contribution in [0, 0.1) is 5.92 Å². The van der Waals surface area contributed by atoms with E-state index in [1.165, 1.54) is 25.9 Å². The molecule has 158 valence electrons. The third kappa shape index (κ3) is 4.76. The van der Waals surface area contributed by atoms with Gasteiger partial charge in [-0.05, 0) is 63.9 Å². The average molecular weight is 409 g/mol. The molecule has 30 heavy (non-hydrogen) atoms. The number of hydrazone groups is 1. The Morgan fingerprint density at radius 1 is 1.17 bits per heavy atom. The van der Waals surface area contributed by atoms with Crippen molar-refractivity contribution in [3.63, 3.8) is 0 Å². The molecule has 3 fully saturated rings. The van der Waals surface area contributed by atoms with Gasteiger partial charge >= 0.3 is 5.97 Å². The summed E-state index contributed by atoms with van der Waals surface area (Å²) in [6.07, 6.45) is 2.64. The Hall–Kier alpha value is -3.00. The summed E-state index contributed by atoms with van der Waals surface area (Å²) < 4.78 is 11.0. The molecule has 1 aromatic heterocycles. The summed E-state index contributed by atoms with van der Waals surface area (Å²) in [6.45, 7) is 7.05. The van der Waals surface area contributed by atoms with Crippen molar-refractivity contribution in [1.82, 2.24) is 15.1 Å². The fourth-order valence-electron chi connectivity index (χ4n) is 3.88. The zero-order chi connectivity index (χ0) is 20.9. The first-order chi connectivity index (χ1) is 14.6. The van der Waals surface area contributed by atoms with Gasteiger partial charge in [0.2, 0.25) is 5.88 Å². The highest BCUT2D eigenvalue weighted by atomic mass is 16.5. The van der Waals surface area contributed by atoms with E-state index in [-0.39, 0.29) is 11.8 Å². The van der Waals surface area contributed by atoms with Gasteiger partial charge in [-0.2, -0.15) is 5.10 Å². The predicted molar refractivity (Wildman–Crippen MR) is 114 cm³/mol. The molecule has 0 unspecified atom stereocenters. The van der Waals surface area contributed by atoms with Crippen LogP contribution in [0.2, 0.25) is 0 Å². The lowest BCUT2D eigenvalue weighted by molar-refractivity contribution is -0.135. The SMILES string of the molecule is CCOC(=O)/C(C)=N/Nc1ccc(-c2ccc(O[C@H]3CN4CCC3CC4)nn2)cc1. The molecule has 2 bridgehead atoms. The summed E-state index contributed by atoms with van der Waals surface area (Å²) in [5.41, 5.74) is 5.60. The average Bonchev–Trinajstić information content (AvgIpc) is 2.79. The van der Waals surface area contributed by atoms with Gasteiger partial charge in [-0.1, -0.05) is 12.1 Å². The maximum Gasteiger partial charge on any atom is 0.354 e. The first-order valence-electron chi connectivity index (χ1n) is 10.4. The molecular weight excluding hydrogens is 382 g/mol. The largest absolute Gasteiger partial charge is 0.472 e. The molecular formula is C22H27N5O3. The number of rotatable bonds is 7. The molecule has 0 spiro atoms. The molecule has 8 heteroatoms. The van der Waals surface area contributed by atoms with Crippen molar-refractivity contribution < 1.29 is 14.3 Å². The van der Waals surface area contributed by atoms with Crippen molar-refractivity contribution in [3.8, 4) is 17.1 Å². The first-order valence-corrected chi connectivity index (χ1v) is 10.4. The number of carbonyl (C=O) groups excluding carboxylic acids is 1. The van der Waals surface area contributed by atoms with Gasteiger partial charge in [0, 0.05) is 18.2 Å². The number of hydrogen-bond donors (Lipinski definition) is 1. The molecule has 4 heterocycles. The second-order valence-corrected chi connectivity index (χ2v) is 7.66. The minimum Gasteiger partial charge on any atom is -0.472 e. The van der Waals surface area contributed by atoms with Crippen LogP contribution in [0.5, 0.6) is 5.88 Å². The number of hydrogen-bond acceptors (Lipinski definition) is 8. The first kappa shape index (κ1) is 20.3. The van der Waals surface area contributed by atoms with Crippen LogP contribution in [0.25, 0.3) is 11.3 Å². The van der Waals surface area contributed by atoms with Crippen LogP contribution in [0.4, 0.5) is 5.69 Å². The van der Waals surface area contributed by atoms with Crippen LogP contribution < -0.4 is 10.2 Å². The fraction of sp³-hybridized carbons (Fsp3) is 0.455. The number of nitrogens with zero attached hydrogens (tertiary/aromatic N) is 4. The van der Waals surface area contributed by atoms with Gasteiger partial charge in [0.15, 0.2) is 0 Å². The van der Waals surface area contributed by atoms with E-state index in [0.717, 1.165) is 23.5 Å². The molecule has 3 saturated heterocycles. The van der Waals surface area contributed by atoms with Crippen molar-refractivity contribution in [1.29, 1.82) is 0 Å². The molecule has 8 nitrogen and oxygen atoms in total. The maximum atomic E-state index is 11.6. The van der Waals surface area contributed by atoms with Crippen molar-refractivity contribution in [3.05, 3.63) is 36.4 Å². The number of carbonyl (C=O) groups is 1. The van der Waals surface area contributed by atoms with Crippen LogP contribution in [0.15, 0.2) is 41.5 Å². The van der Waals surface area contributed by atoms with Crippen LogP contribution in [-0.2, 0) is 9.53 Å². The molecule has 3 aliphatic heterocycles. The standard InChI is InChI=1S/C22H27N5O3/c1-3-29-22(28)15(2)23-24-18-6-4-16(5-7-18)19-8-9-21(26-25-19)30-20-14-27-12-10-17(20)11-13-27/h4-9,17,20,24H,3,10-14H2,1-2H3/b23-15+/t20-/m0/s1. The Morgan fingerprint density at radius 3 is 2.53 bits per heavy atom. The maximum absolute atomic E-state index is 11.6. The number of esters is 1. The predicted octanol–water partition coefficient (Wildman–Crippen LogP) is 2.97. The third-order valence-corrected chi connectivity index (χ3v) is 5.61. The topological polar surface area (TPSA) is 88.9 Å². The van der Waals surface area contributed by atoms with Gasteiger partial charge in [0.25, 0.3) is 0 Å². The van der Waals surface area contributed by atoms with E-state index in [9.17, 15) is 4.79 Å². The fourth-order valence-corrected chi connectivity index (χ4v) is 3.88. The Morgan fingerprint density at radius 2 is 1.93 bits per heavy atom. The molecule has 0 aliphatic carbocycles. The molecule has 0 amide bonds. The summed E-state index contributed by atoms with van der Waals surface area (Å²) in [6, 6.07) is 11.4. The van der Waals surface area contributed by atoms with E-state index in [1.807, 2.05) is 36.4 Å².